The molecule has 1 saturated heterocycles. The van der Waals surface area contributed by atoms with Crippen LogP contribution >= 0.6 is 23.1 Å². The zero-order chi connectivity index (χ0) is 21.6. The standard InChI is InChI=1S/C18H22N4O5S3/c1-2-27-15(23)12-28-18-21-20-17(29-18)19-16(24)13-6-8-14(9-7-13)30(25,26)22-10-4-3-5-11-22/h6-9H,2-5,10-12H2,1H3,(H,19,20,24). The third-order valence-corrected chi connectivity index (χ3v) is 8.17. The van der Waals surface area contributed by atoms with Crippen LogP contribution in [0.5, 0.6) is 0 Å². The molecule has 1 fully saturated rings. The van der Waals surface area contributed by atoms with Crippen molar-refractivity contribution in [2.45, 2.75) is 35.4 Å². The number of amides is 1. The van der Waals surface area contributed by atoms with Crippen LogP contribution in [0.4, 0.5) is 5.13 Å². The van der Waals surface area contributed by atoms with Crippen molar-refractivity contribution < 1.29 is 22.7 Å². The SMILES string of the molecule is CCOC(=O)CSc1nnc(NC(=O)c2ccc(S(=O)(=O)N3CCCCC3)cc2)s1. The molecule has 0 radical (unpaired) electrons. The summed E-state index contributed by atoms with van der Waals surface area (Å²) in [5.41, 5.74) is 0.309. The van der Waals surface area contributed by atoms with Gasteiger partial charge in [-0.3, -0.25) is 14.9 Å². The molecule has 0 saturated carbocycles. The first-order valence-electron chi connectivity index (χ1n) is 9.43. The maximum absolute atomic E-state index is 12.7. The highest BCUT2D eigenvalue weighted by Gasteiger charge is 2.26. The number of rotatable bonds is 8. The molecule has 1 aromatic heterocycles. The van der Waals surface area contributed by atoms with Gasteiger partial charge in [0.2, 0.25) is 15.2 Å². The zero-order valence-corrected chi connectivity index (χ0v) is 18.8. The number of carbonyl (C=O) groups excluding carboxylic acids is 2. The molecule has 12 heteroatoms. The number of aromatic nitrogens is 2. The number of hydrogen-bond acceptors (Lipinski definition) is 9. The number of nitrogens with one attached hydrogen (secondary N) is 1. The second-order valence-electron chi connectivity index (χ2n) is 6.41. The van der Waals surface area contributed by atoms with E-state index < -0.39 is 15.9 Å². The molecule has 0 unspecified atom stereocenters. The summed E-state index contributed by atoms with van der Waals surface area (Å²) in [6.07, 6.45) is 2.77. The molecule has 0 atom stereocenters. The largest absolute Gasteiger partial charge is 0.465 e. The molecule has 1 aliphatic rings. The molecule has 1 N–H and O–H groups in total. The van der Waals surface area contributed by atoms with Gasteiger partial charge in [0, 0.05) is 18.7 Å². The molecule has 3 rings (SSSR count). The van der Waals surface area contributed by atoms with E-state index in [0.29, 0.717) is 29.6 Å². The molecular formula is C18H22N4O5S3. The third kappa shape index (κ3) is 5.78. The molecule has 2 heterocycles. The number of piperidine rings is 1. The van der Waals surface area contributed by atoms with Crippen LogP contribution in [0.2, 0.25) is 0 Å². The van der Waals surface area contributed by atoms with E-state index in [1.54, 1.807) is 6.92 Å². The average Bonchev–Trinajstić information content (AvgIpc) is 3.20. The Labute approximate surface area is 183 Å². The maximum Gasteiger partial charge on any atom is 0.316 e. The molecule has 0 aliphatic carbocycles. The summed E-state index contributed by atoms with van der Waals surface area (Å²) >= 11 is 2.32. The van der Waals surface area contributed by atoms with Crippen molar-refractivity contribution in [1.82, 2.24) is 14.5 Å². The third-order valence-electron chi connectivity index (χ3n) is 4.32. The molecule has 162 valence electrons. The number of hydrogen-bond donors (Lipinski definition) is 1. The number of thioether (sulfide) groups is 1. The Morgan fingerprint density at radius 3 is 2.53 bits per heavy atom. The Balaban J connectivity index is 1.59. The lowest BCUT2D eigenvalue weighted by Crippen LogP contribution is -2.35. The zero-order valence-electron chi connectivity index (χ0n) is 16.4. The first kappa shape index (κ1) is 22.7. The number of anilines is 1. The molecule has 9 nitrogen and oxygen atoms in total. The minimum absolute atomic E-state index is 0.114. The lowest BCUT2D eigenvalue weighted by Gasteiger charge is -2.25. The summed E-state index contributed by atoms with van der Waals surface area (Å²) in [5, 5.41) is 10.7. The fourth-order valence-corrected chi connectivity index (χ4v) is 5.91. The summed E-state index contributed by atoms with van der Waals surface area (Å²) in [6.45, 7) is 3.10. The van der Waals surface area contributed by atoms with E-state index in [4.69, 9.17) is 4.74 Å². The van der Waals surface area contributed by atoms with Gasteiger partial charge in [-0.15, -0.1) is 10.2 Å². The van der Waals surface area contributed by atoms with Crippen molar-refractivity contribution in [3.05, 3.63) is 29.8 Å². The number of benzene rings is 1. The fourth-order valence-electron chi connectivity index (χ4n) is 2.84. The predicted octanol–water partition coefficient (Wildman–Crippen LogP) is 2.62. The summed E-state index contributed by atoms with van der Waals surface area (Å²) in [6, 6.07) is 5.84. The highest BCUT2D eigenvalue weighted by molar-refractivity contribution is 8.01. The van der Waals surface area contributed by atoms with E-state index in [0.717, 1.165) is 30.6 Å². The van der Waals surface area contributed by atoms with Gasteiger partial charge >= 0.3 is 5.97 Å². The van der Waals surface area contributed by atoms with Gasteiger partial charge in [-0.2, -0.15) is 4.31 Å². The molecule has 1 aliphatic heterocycles. The molecule has 0 bridgehead atoms. The Bertz CT molecular complexity index is 986. The lowest BCUT2D eigenvalue weighted by atomic mass is 10.2. The highest BCUT2D eigenvalue weighted by atomic mass is 32.2. The molecule has 1 aromatic carbocycles. The normalized spacial score (nSPS) is 15.0. The summed E-state index contributed by atoms with van der Waals surface area (Å²) in [5.74, 6) is -0.651. The van der Waals surface area contributed by atoms with Gasteiger partial charge in [0.1, 0.15) is 0 Å². The maximum atomic E-state index is 12.7. The van der Waals surface area contributed by atoms with Crippen molar-refractivity contribution in [3.8, 4) is 0 Å². The predicted molar refractivity (Wildman–Crippen MR) is 114 cm³/mol. The van der Waals surface area contributed by atoms with Gasteiger partial charge in [-0.05, 0) is 44.0 Å². The molecule has 1 amide bonds. The van der Waals surface area contributed by atoms with E-state index in [9.17, 15) is 18.0 Å². The van der Waals surface area contributed by atoms with Crippen LogP contribution < -0.4 is 5.32 Å². The van der Waals surface area contributed by atoms with Gasteiger partial charge < -0.3 is 4.74 Å². The smallest absolute Gasteiger partial charge is 0.316 e. The number of nitrogens with zero attached hydrogens (tertiary/aromatic N) is 3. The van der Waals surface area contributed by atoms with Crippen LogP contribution in [0.1, 0.15) is 36.5 Å². The van der Waals surface area contributed by atoms with Gasteiger partial charge in [-0.25, -0.2) is 8.42 Å². The van der Waals surface area contributed by atoms with Crippen LogP contribution in [-0.2, 0) is 19.6 Å². The van der Waals surface area contributed by atoms with Crippen LogP contribution in [0.25, 0.3) is 0 Å². The second kappa shape index (κ2) is 10.3. The number of ether oxygens (including phenoxy) is 1. The Morgan fingerprint density at radius 2 is 1.87 bits per heavy atom. The minimum Gasteiger partial charge on any atom is -0.465 e. The number of carbonyl (C=O) groups is 2. The van der Waals surface area contributed by atoms with Crippen molar-refractivity contribution >= 4 is 50.1 Å². The monoisotopic (exact) mass is 470 g/mol. The first-order valence-corrected chi connectivity index (χ1v) is 12.7. The molecule has 30 heavy (non-hydrogen) atoms. The molecular weight excluding hydrogens is 448 g/mol. The van der Waals surface area contributed by atoms with Crippen molar-refractivity contribution in [3.63, 3.8) is 0 Å². The summed E-state index contributed by atoms with van der Waals surface area (Å²) in [4.78, 5) is 24.0. The van der Waals surface area contributed by atoms with Crippen molar-refractivity contribution in [1.29, 1.82) is 0 Å². The van der Waals surface area contributed by atoms with Gasteiger partial charge in [0.25, 0.3) is 5.91 Å². The van der Waals surface area contributed by atoms with E-state index >= 15 is 0 Å². The van der Waals surface area contributed by atoms with Gasteiger partial charge in [-0.1, -0.05) is 29.5 Å². The highest BCUT2D eigenvalue weighted by Crippen LogP contribution is 2.26. The van der Waals surface area contributed by atoms with E-state index in [2.05, 4.69) is 15.5 Å². The van der Waals surface area contributed by atoms with Gasteiger partial charge in [0.15, 0.2) is 4.34 Å². The Morgan fingerprint density at radius 1 is 1.17 bits per heavy atom. The topological polar surface area (TPSA) is 119 Å². The summed E-state index contributed by atoms with van der Waals surface area (Å²) in [7, 11) is -3.54. The van der Waals surface area contributed by atoms with Crippen LogP contribution in [-0.4, -0.2) is 60.2 Å². The van der Waals surface area contributed by atoms with Crippen LogP contribution in [0, 0.1) is 0 Å². The summed E-state index contributed by atoms with van der Waals surface area (Å²) < 4.78 is 32.2. The number of sulfonamides is 1. The van der Waals surface area contributed by atoms with Gasteiger partial charge in [0.05, 0.1) is 17.3 Å². The Kier molecular flexibility index (Phi) is 7.81. The first-order chi connectivity index (χ1) is 14.4. The fraction of sp³-hybridized carbons (Fsp3) is 0.444. The van der Waals surface area contributed by atoms with E-state index in [1.807, 2.05) is 0 Å². The number of esters is 1. The second-order valence-corrected chi connectivity index (χ2v) is 10.5. The minimum atomic E-state index is -3.54. The van der Waals surface area contributed by atoms with Crippen molar-refractivity contribution in [2.75, 3.05) is 30.8 Å². The van der Waals surface area contributed by atoms with Crippen LogP contribution in [0.3, 0.4) is 0 Å². The molecule has 2 aromatic rings. The molecule has 0 spiro atoms. The van der Waals surface area contributed by atoms with Crippen molar-refractivity contribution in [2.24, 2.45) is 0 Å². The quantitative estimate of drug-likeness (QED) is 0.355. The van der Waals surface area contributed by atoms with Crippen LogP contribution in [0.15, 0.2) is 33.5 Å². The average molecular weight is 471 g/mol. The van der Waals surface area contributed by atoms with E-state index in [1.165, 1.54) is 40.3 Å². The Hall–Kier alpha value is -2.02. The lowest BCUT2D eigenvalue weighted by molar-refractivity contribution is -0.139. The van der Waals surface area contributed by atoms with E-state index in [-0.39, 0.29) is 21.7 Å².